The molecule has 0 aromatic heterocycles. The van der Waals surface area contributed by atoms with Gasteiger partial charge in [0.15, 0.2) is 6.10 Å². The lowest BCUT2D eigenvalue weighted by Crippen LogP contribution is -2.45. The Hall–Kier alpha value is -2.09. The summed E-state index contributed by atoms with van der Waals surface area (Å²) in [4.78, 5) is 39.3. The second kappa shape index (κ2) is 8.11. The Kier molecular flexibility index (Phi) is 5.98. The summed E-state index contributed by atoms with van der Waals surface area (Å²) >= 11 is 3.35. The number of nitrogens with zero attached hydrogens (tertiary/aromatic N) is 1. The number of hydrogen-bond acceptors (Lipinski definition) is 6. The molecule has 1 amide bonds. The number of hydrogen-bond donors (Lipinski definition) is 0. The van der Waals surface area contributed by atoms with Crippen molar-refractivity contribution in [3.05, 3.63) is 28.2 Å². The average molecular weight is 454 g/mol. The lowest BCUT2D eigenvalue weighted by molar-refractivity contribution is -0.152. The zero-order chi connectivity index (χ0) is 20.5. The molecule has 0 radical (unpaired) electrons. The SMILES string of the molecule is CC(C)(C)OC(=O)N1CCC[C@H]1C(=O)OC1CCOc2cc(Br)ccc2C1=O. The van der Waals surface area contributed by atoms with Gasteiger partial charge in [-0.2, -0.15) is 0 Å². The third-order valence-electron chi connectivity index (χ3n) is 4.55. The second-order valence-corrected chi connectivity index (χ2v) is 8.81. The number of carbonyl (C=O) groups excluding carboxylic acids is 3. The molecule has 2 aliphatic heterocycles. The number of likely N-dealkylation sites (tertiary alicyclic amines) is 1. The largest absolute Gasteiger partial charge is 0.493 e. The van der Waals surface area contributed by atoms with Crippen LogP contribution in [0, 0.1) is 0 Å². The molecule has 2 heterocycles. The molecule has 1 aromatic rings. The van der Waals surface area contributed by atoms with E-state index in [1.807, 2.05) is 0 Å². The first-order valence-corrected chi connectivity index (χ1v) is 10.1. The van der Waals surface area contributed by atoms with Gasteiger partial charge in [0, 0.05) is 17.4 Å². The number of Topliss-reactive ketones (excluding diaryl/α,β-unsaturated/α-hetero) is 1. The Morgan fingerprint density at radius 3 is 2.71 bits per heavy atom. The Balaban J connectivity index is 1.70. The molecule has 3 rings (SSSR count). The third-order valence-corrected chi connectivity index (χ3v) is 5.04. The molecule has 1 saturated heterocycles. The lowest BCUT2D eigenvalue weighted by Gasteiger charge is -2.28. The average Bonchev–Trinajstić information content (AvgIpc) is 3.03. The van der Waals surface area contributed by atoms with Crippen LogP contribution >= 0.6 is 15.9 Å². The predicted molar refractivity (Wildman–Crippen MR) is 104 cm³/mol. The molecule has 1 unspecified atom stereocenters. The monoisotopic (exact) mass is 453 g/mol. The van der Waals surface area contributed by atoms with Crippen LogP contribution < -0.4 is 4.74 Å². The van der Waals surface area contributed by atoms with E-state index in [-0.39, 0.29) is 18.8 Å². The van der Waals surface area contributed by atoms with E-state index in [1.54, 1.807) is 39.0 Å². The Morgan fingerprint density at radius 2 is 2.00 bits per heavy atom. The second-order valence-electron chi connectivity index (χ2n) is 7.90. The number of benzene rings is 1. The van der Waals surface area contributed by atoms with Crippen molar-refractivity contribution >= 4 is 33.8 Å². The molecule has 152 valence electrons. The number of ether oxygens (including phenoxy) is 3. The van der Waals surface area contributed by atoms with Gasteiger partial charge in [0.05, 0.1) is 12.2 Å². The highest BCUT2D eigenvalue weighted by Gasteiger charge is 2.40. The molecule has 0 saturated carbocycles. The van der Waals surface area contributed by atoms with Gasteiger partial charge in [-0.25, -0.2) is 9.59 Å². The quantitative estimate of drug-likeness (QED) is 0.634. The first kappa shape index (κ1) is 20.6. The van der Waals surface area contributed by atoms with Gasteiger partial charge in [0.25, 0.3) is 0 Å². The van der Waals surface area contributed by atoms with Crippen LogP contribution in [0.25, 0.3) is 0 Å². The minimum atomic E-state index is -0.934. The van der Waals surface area contributed by atoms with Crippen molar-refractivity contribution in [2.45, 2.75) is 57.8 Å². The minimum Gasteiger partial charge on any atom is -0.493 e. The zero-order valence-electron chi connectivity index (χ0n) is 16.2. The molecule has 0 spiro atoms. The van der Waals surface area contributed by atoms with Crippen molar-refractivity contribution in [3.63, 3.8) is 0 Å². The number of ketones is 1. The molecule has 7 nitrogen and oxygen atoms in total. The van der Waals surface area contributed by atoms with Gasteiger partial charge in [-0.05, 0) is 51.8 Å². The van der Waals surface area contributed by atoms with Crippen LogP contribution in [0.3, 0.4) is 0 Å². The number of fused-ring (bicyclic) bond motifs is 1. The maximum atomic E-state index is 12.8. The summed E-state index contributed by atoms with van der Waals surface area (Å²) in [5, 5.41) is 0. The fourth-order valence-corrected chi connectivity index (χ4v) is 3.62. The van der Waals surface area contributed by atoms with Gasteiger partial charge in [-0.15, -0.1) is 0 Å². The summed E-state index contributed by atoms with van der Waals surface area (Å²) in [6.07, 6.45) is -0.0548. The van der Waals surface area contributed by atoms with Crippen LogP contribution in [0.1, 0.15) is 50.4 Å². The normalized spacial score (nSPS) is 22.1. The summed E-state index contributed by atoms with van der Waals surface area (Å²) in [5.41, 5.74) is -0.269. The van der Waals surface area contributed by atoms with Gasteiger partial charge in [0.2, 0.25) is 5.78 Å². The third kappa shape index (κ3) is 4.66. The summed E-state index contributed by atoms with van der Waals surface area (Å²) in [6.45, 7) is 6.00. The summed E-state index contributed by atoms with van der Waals surface area (Å²) in [5.74, 6) is -0.411. The van der Waals surface area contributed by atoms with E-state index in [2.05, 4.69) is 15.9 Å². The number of carbonyl (C=O) groups is 3. The highest BCUT2D eigenvalue weighted by Crippen LogP contribution is 2.29. The molecular formula is C20H24BrNO6. The fourth-order valence-electron chi connectivity index (χ4n) is 3.28. The topological polar surface area (TPSA) is 82.1 Å². The molecule has 0 N–H and O–H groups in total. The molecule has 28 heavy (non-hydrogen) atoms. The van der Waals surface area contributed by atoms with E-state index in [1.165, 1.54) is 4.90 Å². The summed E-state index contributed by atoms with van der Waals surface area (Å²) in [7, 11) is 0. The van der Waals surface area contributed by atoms with Gasteiger partial charge in [-0.3, -0.25) is 9.69 Å². The maximum absolute atomic E-state index is 12.8. The van der Waals surface area contributed by atoms with Gasteiger partial charge in [-0.1, -0.05) is 15.9 Å². The maximum Gasteiger partial charge on any atom is 0.411 e. The van der Waals surface area contributed by atoms with Crippen LogP contribution in [0.2, 0.25) is 0 Å². The van der Waals surface area contributed by atoms with Crippen LogP contribution in [-0.4, -0.2) is 53.6 Å². The minimum absolute atomic E-state index is 0.258. The molecule has 2 aliphatic rings. The molecule has 0 bridgehead atoms. The van der Waals surface area contributed by atoms with Crippen LogP contribution in [0.5, 0.6) is 5.75 Å². The highest BCUT2D eigenvalue weighted by atomic mass is 79.9. The van der Waals surface area contributed by atoms with Crippen molar-refractivity contribution in [2.75, 3.05) is 13.2 Å². The van der Waals surface area contributed by atoms with E-state index in [0.29, 0.717) is 30.7 Å². The van der Waals surface area contributed by atoms with Gasteiger partial charge < -0.3 is 14.2 Å². The van der Waals surface area contributed by atoms with E-state index in [4.69, 9.17) is 14.2 Å². The number of rotatable bonds is 2. The first-order valence-electron chi connectivity index (χ1n) is 9.32. The smallest absolute Gasteiger partial charge is 0.411 e. The fraction of sp³-hybridized carbons (Fsp3) is 0.550. The molecular weight excluding hydrogens is 430 g/mol. The van der Waals surface area contributed by atoms with Crippen LogP contribution in [-0.2, 0) is 14.3 Å². The predicted octanol–water partition coefficient (Wildman–Crippen LogP) is 3.73. The zero-order valence-corrected chi connectivity index (χ0v) is 17.8. The van der Waals surface area contributed by atoms with Crippen molar-refractivity contribution in [1.29, 1.82) is 0 Å². The van der Waals surface area contributed by atoms with E-state index in [9.17, 15) is 14.4 Å². The Bertz CT molecular complexity index is 787. The number of halogens is 1. The highest BCUT2D eigenvalue weighted by molar-refractivity contribution is 9.10. The van der Waals surface area contributed by atoms with Gasteiger partial charge >= 0.3 is 12.1 Å². The number of amides is 1. The summed E-state index contributed by atoms with van der Waals surface area (Å²) in [6, 6.07) is 4.37. The molecule has 8 heteroatoms. The van der Waals surface area contributed by atoms with Gasteiger partial charge in [0.1, 0.15) is 17.4 Å². The molecule has 0 aliphatic carbocycles. The lowest BCUT2D eigenvalue weighted by atomic mass is 10.0. The van der Waals surface area contributed by atoms with Crippen molar-refractivity contribution < 1.29 is 28.6 Å². The molecule has 1 aromatic carbocycles. The Morgan fingerprint density at radius 1 is 1.25 bits per heavy atom. The number of esters is 1. The van der Waals surface area contributed by atoms with Crippen molar-refractivity contribution in [1.82, 2.24) is 4.90 Å². The molecule has 2 atom stereocenters. The van der Waals surface area contributed by atoms with E-state index in [0.717, 1.165) is 4.47 Å². The Labute approximate surface area is 172 Å². The molecule has 1 fully saturated rings. The van der Waals surface area contributed by atoms with Crippen LogP contribution in [0.15, 0.2) is 22.7 Å². The standard InChI is InChI=1S/C20H24BrNO6/c1-20(2,3)28-19(25)22-9-4-5-14(22)18(24)27-15-8-10-26-16-11-12(21)6-7-13(16)17(15)23/h6-7,11,14-15H,4-5,8-10H2,1-3H3/t14-,15?/m0/s1. The van der Waals surface area contributed by atoms with Crippen molar-refractivity contribution in [3.8, 4) is 5.75 Å². The van der Waals surface area contributed by atoms with Crippen LogP contribution in [0.4, 0.5) is 4.79 Å². The first-order chi connectivity index (χ1) is 13.2. The van der Waals surface area contributed by atoms with E-state index >= 15 is 0 Å². The summed E-state index contributed by atoms with van der Waals surface area (Å²) < 4.78 is 17.3. The van der Waals surface area contributed by atoms with E-state index < -0.39 is 29.8 Å². The van der Waals surface area contributed by atoms with Crippen molar-refractivity contribution in [2.24, 2.45) is 0 Å².